The molecular weight excluding hydrogens is 408 g/mol. The molecule has 2 aliphatic rings. The van der Waals surface area contributed by atoms with Gasteiger partial charge in [-0.1, -0.05) is 43.2 Å². The van der Waals surface area contributed by atoms with E-state index in [0.717, 1.165) is 49.9 Å². The molecule has 1 aliphatic carbocycles. The second-order valence-corrected chi connectivity index (χ2v) is 8.78. The lowest BCUT2D eigenvalue weighted by molar-refractivity contribution is -0.115. The zero-order valence-corrected chi connectivity index (χ0v) is 19.5. The predicted octanol–water partition coefficient (Wildman–Crippen LogP) is 5.46. The van der Waals surface area contributed by atoms with Crippen molar-refractivity contribution in [3.63, 3.8) is 0 Å². The van der Waals surface area contributed by atoms with Crippen molar-refractivity contribution in [2.75, 3.05) is 24.5 Å². The number of carbonyl (C=O) groups excluding carboxylic acids is 1. The van der Waals surface area contributed by atoms with E-state index in [1.54, 1.807) is 0 Å². The van der Waals surface area contributed by atoms with Crippen LogP contribution in [0.5, 0.6) is 0 Å². The van der Waals surface area contributed by atoms with E-state index in [1.807, 2.05) is 35.2 Å². The number of rotatable bonds is 5. The maximum absolute atomic E-state index is 13.5. The second-order valence-electron chi connectivity index (χ2n) is 8.78. The summed E-state index contributed by atoms with van der Waals surface area (Å²) >= 11 is 0. The minimum atomic E-state index is -0.659. The number of likely N-dealkylation sites (tertiary alicyclic amines) is 1. The maximum atomic E-state index is 13.5. The number of benzene rings is 2. The Labute approximate surface area is 192 Å². The average Bonchev–Trinajstić information content (AvgIpc) is 2.79. The molecule has 2 fully saturated rings. The largest absolute Gasteiger partial charge is 0.389 e. The molecule has 168 valence electrons. The van der Waals surface area contributed by atoms with Crippen LogP contribution in [0.3, 0.4) is 0 Å². The van der Waals surface area contributed by atoms with E-state index in [2.05, 4.69) is 43.0 Å². The summed E-state index contributed by atoms with van der Waals surface area (Å²) in [5, 5.41) is 11.5. The number of aliphatic hydroxyl groups is 1. The van der Waals surface area contributed by atoms with Crippen LogP contribution < -0.4 is 4.90 Å². The SMILES string of the molecule is CCN(CC)c1ccc([C@H]2[C@@H]3CCCC[C@]3(O)CCN2C(=O)c2ccccc2)cc1.Cl. The Morgan fingerprint density at radius 2 is 1.71 bits per heavy atom. The number of carbonyl (C=O) groups is 1. The number of nitrogens with zero attached hydrogens (tertiary/aromatic N) is 2. The van der Waals surface area contributed by atoms with Crippen molar-refractivity contribution in [2.45, 2.75) is 57.6 Å². The molecule has 5 heteroatoms. The molecule has 2 aromatic rings. The first-order chi connectivity index (χ1) is 14.6. The zero-order valence-electron chi connectivity index (χ0n) is 18.7. The third kappa shape index (κ3) is 4.61. The molecule has 0 unspecified atom stereocenters. The van der Waals surface area contributed by atoms with Crippen LogP contribution in [0.2, 0.25) is 0 Å². The quantitative estimate of drug-likeness (QED) is 0.668. The molecule has 1 N–H and O–H groups in total. The molecule has 1 saturated carbocycles. The molecule has 1 saturated heterocycles. The average molecular weight is 443 g/mol. The summed E-state index contributed by atoms with van der Waals surface area (Å²) < 4.78 is 0. The Balaban J connectivity index is 0.00000272. The van der Waals surface area contributed by atoms with Gasteiger partial charge >= 0.3 is 0 Å². The Hall–Kier alpha value is -2.04. The molecule has 1 heterocycles. The Morgan fingerprint density at radius 3 is 2.35 bits per heavy atom. The molecule has 3 atom stereocenters. The third-order valence-electron chi connectivity index (χ3n) is 7.21. The van der Waals surface area contributed by atoms with Crippen LogP contribution in [-0.4, -0.2) is 41.1 Å². The first-order valence-electron chi connectivity index (χ1n) is 11.5. The van der Waals surface area contributed by atoms with Crippen LogP contribution >= 0.6 is 12.4 Å². The van der Waals surface area contributed by atoms with Gasteiger partial charge in [0.15, 0.2) is 0 Å². The van der Waals surface area contributed by atoms with E-state index in [9.17, 15) is 9.90 Å². The highest BCUT2D eigenvalue weighted by atomic mass is 35.5. The van der Waals surface area contributed by atoms with Crippen molar-refractivity contribution < 1.29 is 9.90 Å². The molecule has 0 bridgehead atoms. The van der Waals surface area contributed by atoms with E-state index >= 15 is 0 Å². The summed E-state index contributed by atoms with van der Waals surface area (Å²) in [6.45, 7) is 6.88. The van der Waals surface area contributed by atoms with Crippen LogP contribution in [0, 0.1) is 5.92 Å². The number of amides is 1. The number of piperidine rings is 1. The van der Waals surface area contributed by atoms with Gasteiger partial charge in [-0.05, 0) is 62.9 Å². The van der Waals surface area contributed by atoms with Crippen molar-refractivity contribution in [2.24, 2.45) is 5.92 Å². The summed E-state index contributed by atoms with van der Waals surface area (Å²) in [5.74, 6) is 0.160. The van der Waals surface area contributed by atoms with Crippen LogP contribution in [0.4, 0.5) is 5.69 Å². The number of hydrogen-bond donors (Lipinski definition) is 1. The summed E-state index contributed by atoms with van der Waals surface area (Å²) in [4.78, 5) is 17.8. The van der Waals surface area contributed by atoms with E-state index in [4.69, 9.17) is 0 Å². The highest BCUT2D eigenvalue weighted by Gasteiger charge is 2.50. The Bertz CT molecular complexity index is 853. The first-order valence-corrected chi connectivity index (χ1v) is 11.5. The molecule has 1 aliphatic heterocycles. The number of anilines is 1. The van der Waals surface area contributed by atoms with Gasteiger partial charge in [0.05, 0.1) is 11.6 Å². The number of halogens is 1. The summed E-state index contributed by atoms with van der Waals surface area (Å²) in [6, 6.07) is 18.2. The van der Waals surface area contributed by atoms with Gasteiger partial charge in [-0.2, -0.15) is 0 Å². The van der Waals surface area contributed by atoms with Gasteiger partial charge in [0.1, 0.15) is 0 Å². The molecule has 2 aromatic carbocycles. The Kier molecular flexibility index (Phi) is 7.66. The summed E-state index contributed by atoms with van der Waals surface area (Å²) in [7, 11) is 0. The molecule has 0 aromatic heterocycles. The molecular formula is C26H35ClN2O2. The van der Waals surface area contributed by atoms with Crippen LogP contribution in [0.15, 0.2) is 54.6 Å². The van der Waals surface area contributed by atoms with Crippen molar-refractivity contribution in [3.8, 4) is 0 Å². The first kappa shape index (κ1) is 23.6. The van der Waals surface area contributed by atoms with Crippen LogP contribution in [0.1, 0.15) is 67.9 Å². The van der Waals surface area contributed by atoms with Gasteiger partial charge in [0.2, 0.25) is 0 Å². The lowest BCUT2D eigenvalue weighted by Gasteiger charge is -2.52. The van der Waals surface area contributed by atoms with Crippen molar-refractivity contribution in [1.29, 1.82) is 0 Å². The Morgan fingerprint density at radius 1 is 1.03 bits per heavy atom. The topological polar surface area (TPSA) is 43.8 Å². The van der Waals surface area contributed by atoms with Crippen molar-refractivity contribution in [1.82, 2.24) is 4.90 Å². The molecule has 4 nitrogen and oxygen atoms in total. The van der Waals surface area contributed by atoms with Gasteiger partial charge in [-0.3, -0.25) is 4.79 Å². The van der Waals surface area contributed by atoms with Gasteiger partial charge in [0.25, 0.3) is 5.91 Å². The smallest absolute Gasteiger partial charge is 0.254 e. The van der Waals surface area contributed by atoms with Gasteiger partial charge < -0.3 is 14.9 Å². The van der Waals surface area contributed by atoms with Crippen LogP contribution in [-0.2, 0) is 0 Å². The van der Waals surface area contributed by atoms with Crippen molar-refractivity contribution in [3.05, 3.63) is 65.7 Å². The second kappa shape index (κ2) is 10.1. The third-order valence-corrected chi connectivity index (χ3v) is 7.21. The normalized spacial score (nSPS) is 25.3. The monoisotopic (exact) mass is 442 g/mol. The van der Waals surface area contributed by atoms with Crippen molar-refractivity contribution >= 4 is 24.0 Å². The van der Waals surface area contributed by atoms with E-state index < -0.39 is 5.60 Å². The zero-order chi connectivity index (χ0) is 21.1. The summed E-state index contributed by atoms with van der Waals surface area (Å²) in [5.41, 5.74) is 2.41. The van der Waals surface area contributed by atoms with Gasteiger partial charge in [0, 0.05) is 36.8 Å². The summed E-state index contributed by atoms with van der Waals surface area (Å²) in [6.07, 6.45) is 4.68. The molecule has 0 spiro atoms. The fourth-order valence-electron chi connectivity index (χ4n) is 5.54. The molecule has 0 radical (unpaired) electrons. The lowest BCUT2D eigenvalue weighted by Crippen LogP contribution is -2.56. The van der Waals surface area contributed by atoms with Gasteiger partial charge in [-0.15, -0.1) is 12.4 Å². The molecule has 4 rings (SSSR count). The standard InChI is InChI=1S/C26H34N2O2.ClH/c1-3-27(4-2)22-15-13-20(14-16-22)24-23-12-8-9-17-26(23,30)18-19-28(24)25(29)21-10-6-5-7-11-21;/h5-7,10-11,13-16,23-24,30H,3-4,8-9,12,17-19H2,1-2H3;1H/t23-,24-,26-;/m0./s1. The number of fused-ring (bicyclic) bond motifs is 1. The highest BCUT2D eigenvalue weighted by molar-refractivity contribution is 5.94. The minimum absolute atomic E-state index is 0. The fourth-order valence-corrected chi connectivity index (χ4v) is 5.54. The maximum Gasteiger partial charge on any atom is 0.254 e. The number of hydrogen-bond acceptors (Lipinski definition) is 3. The van der Waals surface area contributed by atoms with E-state index in [0.29, 0.717) is 13.0 Å². The minimum Gasteiger partial charge on any atom is -0.389 e. The van der Waals surface area contributed by atoms with Crippen LogP contribution in [0.25, 0.3) is 0 Å². The fraction of sp³-hybridized carbons (Fsp3) is 0.500. The highest BCUT2D eigenvalue weighted by Crippen LogP contribution is 2.49. The van der Waals surface area contributed by atoms with Gasteiger partial charge in [-0.25, -0.2) is 0 Å². The van der Waals surface area contributed by atoms with E-state index in [-0.39, 0.29) is 30.3 Å². The van der Waals surface area contributed by atoms with E-state index in [1.165, 1.54) is 5.69 Å². The molecule has 1 amide bonds. The molecule has 31 heavy (non-hydrogen) atoms. The lowest BCUT2D eigenvalue weighted by atomic mass is 9.66. The predicted molar refractivity (Wildman–Crippen MR) is 129 cm³/mol.